The fourth-order valence-corrected chi connectivity index (χ4v) is 1.01. The molecule has 0 fully saturated rings. The van der Waals surface area contributed by atoms with Crippen LogP contribution in [0.1, 0.15) is 18.3 Å². The van der Waals surface area contributed by atoms with Crippen LogP contribution in [0.5, 0.6) is 0 Å². The standard InChI is InChI=1S/C9H14N2.C2H4O/c1-8-5-4-6-9(10-8)7-11(2)3;1-2-3/h4-6H,7H2,1-3H3;2H,1H3. The number of aldehydes is 1. The number of carbonyl (C=O) groups is 1. The van der Waals surface area contributed by atoms with E-state index in [0.717, 1.165) is 24.2 Å². The molecule has 0 aliphatic carbocycles. The largest absolute Gasteiger partial charge is 0.304 e. The van der Waals surface area contributed by atoms with Gasteiger partial charge in [-0.25, -0.2) is 0 Å². The van der Waals surface area contributed by atoms with Crippen LogP contribution in [0.3, 0.4) is 0 Å². The van der Waals surface area contributed by atoms with Gasteiger partial charge >= 0.3 is 0 Å². The van der Waals surface area contributed by atoms with Gasteiger partial charge in [-0.1, -0.05) is 6.07 Å². The number of hydrogen-bond donors (Lipinski definition) is 0. The Kier molecular flexibility index (Phi) is 6.58. The van der Waals surface area contributed by atoms with Crippen molar-refractivity contribution < 1.29 is 4.79 Å². The molecule has 0 unspecified atom stereocenters. The first-order chi connectivity index (χ1) is 6.60. The van der Waals surface area contributed by atoms with Crippen LogP contribution in [0.2, 0.25) is 0 Å². The van der Waals surface area contributed by atoms with E-state index in [1.165, 1.54) is 6.92 Å². The van der Waals surface area contributed by atoms with Gasteiger partial charge in [0.1, 0.15) is 6.29 Å². The summed E-state index contributed by atoms with van der Waals surface area (Å²) in [4.78, 5) is 15.3. The Morgan fingerprint density at radius 3 is 2.43 bits per heavy atom. The van der Waals surface area contributed by atoms with Gasteiger partial charge < -0.3 is 9.69 Å². The van der Waals surface area contributed by atoms with Gasteiger partial charge in [0.05, 0.1) is 5.69 Å². The average molecular weight is 194 g/mol. The summed E-state index contributed by atoms with van der Waals surface area (Å²) in [6.45, 7) is 4.38. The SMILES string of the molecule is CC=O.Cc1cccc(CN(C)C)n1. The van der Waals surface area contributed by atoms with Gasteiger partial charge in [0.25, 0.3) is 0 Å². The van der Waals surface area contributed by atoms with Crippen LogP contribution < -0.4 is 0 Å². The zero-order valence-electron chi connectivity index (χ0n) is 9.32. The second-order valence-corrected chi connectivity index (χ2v) is 3.24. The van der Waals surface area contributed by atoms with Crippen LogP contribution in [-0.2, 0) is 11.3 Å². The van der Waals surface area contributed by atoms with Crippen molar-refractivity contribution in [3.05, 3.63) is 29.6 Å². The molecule has 1 aromatic heterocycles. The lowest BCUT2D eigenvalue weighted by Gasteiger charge is -2.08. The molecule has 0 spiro atoms. The quantitative estimate of drug-likeness (QED) is 0.671. The van der Waals surface area contributed by atoms with Gasteiger partial charge in [-0.3, -0.25) is 4.98 Å². The molecule has 0 aliphatic heterocycles. The number of rotatable bonds is 2. The first-order valence-corrected chi connectivity index (χ1v) is 4.57. The van der Waals surface area contributed by atoms with E-state index < -0.39 is 0 Å². The number of nitrogens with zero attached hydrogens (tertiary/aromatic N) is 2. The number of pyridine rings is 1. The van der Waals surface area contributed by atoms with Crippen molar-refractivity contribution in [3.8, 4) is 0 Å². The molecule has 0 aliphatic rings. The van der Waals surface area contributed by atoms with E-state index in [9.17, 15) is 0 Å². The van der Waals surface area contributed by atoms with Gasteiger partial charge in [0.2, 0.25) is 0 Å². The Hall–Kier alpha value is -1.22. The molecule has 1 heterocycles. The van der Waals surface area contributed by atoms with Gasteiger partial charge in [-0.15, -0.1) is 0 Å². The molecule has 1 aromatic rings. The Morgan fingerprint density at radius 2 is 2.00 bits per heavy atom. The topological polar surface area (TPSA) is 33.2 Å². The number of aryl methyl sites for hydroxylation is 1. The zero-order valence-corrected chi connectivity index (χ0v) is 9.32. The fraction of sp³-hybridized carbons (Fsp3) is 0.455. The molecule has 0 N–H and O–H groups in total. The van der Waals surface area contributed by atoms with Crippen LogP contribution >= 0.6 is 0 Å². The lowest BCUT2D eigenvalue weighted by molar-refractivity contribution is -0.106. The van der Waals surface area contributed by atoms with E-state index in [4.69, 9.17) is 4.79 Å². The molecule has 0 saturated heterocycles. The molecule has 3 heteroatoms. The van der Waals surface area contributed by atoms with Crippen molar-refractivity contribution in [1.82, 2.24) is 9.88 Å². The highest BCUT2D eigenvalue weighted by atomic mass is 16.1. The molecular formula is C11H18N2O. The van der Waals surface area contributed by atoms with Crippen LogP contribution in [0.4, 0.5) is 0 Å². The Balaban J connectivity index is 0.000000500. The van der Waals surface area contributed by atoms with Crippen molar-refractivity contribution in [2.24, 2.45) is 0 Å². The maximum Gasteiger partial charge on any atom is 0.116 e. The molecule has 0 amide bonds. The van der Waals surface area contributed by atoms with E-state index in [1.807, 2.05) is 39.2 Å². The molecule has 14 heavy (non-hydrogen) atoms. The number of aromatic nitrogens is 1. The van der Waals surface area contributed by atoms with E-state index in [1.54, 1.807) is 0 Å². The maximum absolute atomic E-state index is 8.81. The highest BCUT2D eigenvalue weighted by molar-refractivity contribution is 5.44. The summed E-state index contributed by atoms with van der Waals surface area (Å²) in [5, 5.41) is 0. The third kappa shape index (κ3) is 6.31. The fourth-order valence-electron chi connectivity index (χ4n) is 1.01. The highest BCUT2D eigenvalue weighted by Gasteiger charge is 1.94. The van der Waals surface area contributed by atoms with Crippen molar-refractivity contribution in [1.29, 1.82) is 0 Å². The summed E-state index contributed by atoms with van der Waals surface area (Å²) in [6, 6.07) is 6.10. The van der Waals surface area contributed by atoms with Crippen molar-refractivity contribution in [2.75, 3.05) is 14.1 Å². The number of carbonyl (C=O) groups excluding carboxylic acids is 1. The van der Waals surface area contributed by atoms with E-state index in [2.05, 4.69) is 9.88 Å². The van der Waals surface area contributed by atoms with Crippen LogP contribution in [-0.4, -0.2) is 30.3 Å². The normalized spacial score (nSPS) is 9.21. The third-order valence-corrected chi connectivity index (χ3v) is 1.42. The lowest BCUT2D eigenvalue weighted by Crippen LogP contribution is -2.11. The Morgan fingerprint density at radius 1 is 1.43 bits per heavy atom. The van der Waals surface area contributed by atoms with Crippen LogP contribution in [0.15, 0.2) is 18.2 Å². The molecular weight excluding hydrogens is 176 g/mol. The van der Waals surface area contributed by atoms with Crippen LogP contribution in [0, 0.1) is 6.92 Å². The highest BCUT2D eigenvalue weighted by Crippen LogP contribution is 1.99. The summed E-state index contributed by atoms with van der Waals surface area (Å²) in [7, 11) is 4.09. The molecule has 1 rings (SSSR count). The molecule has 0 saturated carbocycles. The van der Waals surface area contributed by atoms with Crippen molar-refractivity contribution >= 4 is 6.29 Å². The van der Waals surface area contributed by atoms with E-state index in [-0.39, 0.29) is 0 Å². The zero-order chi connectivity index (χ0) is 11.0. The molecule has 78 valence electrons. The second kappa shape index (κ2) is 7.21. The minimum atomic E-state index is 0.750. The number of hydrogen-bond acceptors (Lipinski definition) is 3. The third-order valence-electron chi connectivity index (χ3n) is 1.42. The Bertz CT molecular complexity index is 272. The van der Waals surface area contributed by atoms with Gasteiger partial charge in [-0.05, 0) is 40.1 Å². The first-order valence-electron chi connectivity index (χ1n) is 4.57. The first kappa shape index (κ1) is 12.8. The summed E-state index contributed by atoms with van der Waals surface area (Å²) < 4.78 is 0. The predicted octanol–water partition coefficient (Wildman–Crippen LogP) is 1.66. The monoisotopic (exact) mass is 194 g/mol. The van der Waals surface area contributed by atoms with E-state index >= 15 is 0 Å². The summed E-state index contributed by atoms with van der Waals surface area (Å²) >= 11 is 0. The smallest absolute Gasteiger partial charge is 0.116 e. The predicted molar refractivity (Wildman–Crippen MR) is 58.1 cm³/mol. The molecule has 0 bridgehead atoms. The summed E-state index contributed by atoms with van der Waals surface area (Å²) in [5.41, 5.74) is 2.22. The average Bonchev–Trinajstić information content (AvgIpc) is 2.03. The minimum Gasteiger partial charge on any atom is -0.304 e. The van der Waals surface area contributed by atoms with Crippen molar-refractivity contribution in [3.63, 3.8) is 0 Å². The van der Waals surface area contributed by atoms with Gasteiger partial charge in [0.15, 0.2) is 0 Å². The van der Waals surface area contributed by atoms with Gasteiger partial charge in [-0.2, -0.15) is 0 Å². The lowest BCUT2D eigenvalue weighted by atomic mass is 10.3. The van der Waals surface area contributed by atoms with E-state index in [0.29, 0.717) is 0 Å². The second-order valence-electron chi connectivity index (χ2n) is 3.24. The molecule has 0 aromatic carbocycles. The Labute approximate surface area is 85.8 Å². The molecule has 0 atom stereocenters. The molecule has 3 nitrogen and oxygen atoms in total. The summed E-state index contributed by atoms with van der Waals surface area (Å²) in [6.07, 6.45) is 0.750. The molecule has 0 radical (unpaired) electrons. The minimum absolute atomic E-state index is 0.750. The van der Waals surface area contributed by atoms with Crippen molar-refractivity contribution in [2.45, 2.75) is 20.4 Å². The van der Waals surface area contributed by atoms with Gasteiger partial charge in [0, 0.05) is 12.2 Å². The summed E-state index contributed by atoms with van der Waals surface area (Å²) in [5.74, 6) is 0. The van der Waals surface area contributed by atoms with Crippen LogP contribution in [0.25, 0.3) is 0 Å². The maximum atomic E-state index is 8.81.